The lowest BCUT2D eigenvalue weighted by molar-refractivity contribution is 0.0939. The number of amides is 1. The Kier molecular flexibility index (Phi) is 5.95. The molecule has 0 saturated carbocycles. The summed E-state index contributed by atoms with van der Waals surface area (Å²) in [4.78, 5) is 32.7. The van der Waals surface area contributed by atoms with Gasteiger partial charge in [-0.05, 0) is 37.1 Å². The number of fused-ring (bicyclic) bond motifs is 2. The van der Waals surface area contributed by atoms with E-state index in [1.54, 1.807) is 22.8 Å². The average molecular weight is 405 g/mol. The van der Waals surface area contributed by atoms with Gasteiger partial charge in [0.25, 0.3) is 11.5 Å². The second-order valence-corrected chi connectivity index (χ2v) is 8.01. The number of carbonyl (C=O) groups excluding carboxylic acids is 1. The van der Waals surface area contributed by atoms with Gasteiger partial charge in [0.1, 0.15) is 5.82 Å². The van der Waals surface area contributed by atoms with Crippen molar-refractivity contribution in [3.8, 4) is 0 Å². The number of hydrogen-bond acceptors (Lipinski definition) is 4. The number of aromatic nitrogens is 2. The molecule has 2 heterocycles. The monoisotopic (exact) mass is 404 g/mol. The third-order valence-electron chi connectivity index (χ3n) is 5.83. The Morgan fingerprint density at radius 2 is 1.93 bits per heavy atom. The van der Waals surface area contributed by atoms with Crippen LogP contribution in [0.1, 0.15) is 42.0 Å². The van der Waals surface area contributed by atoms with Gasteiger partial charge >= 0.3 is 0 Å². The van der Waals surface area contributed by atoms with E-state index in [1.165, 1.54) is 5.56 Å². The minimum absolute atomic E-state index is 0.0227. The van der Waals surface area contributed by atoms with Gasteiger partial charge in [0.15, 0.2) is 0 Å². The molecule has 156 valence electrons. The first-order valence-electron chi connectivity index (χ1n) is 10.7. The van der Waals surface area contributed by atoms with Crippen molar-refractivity contribution in [2.45, 2.75) is 45.8 Å². The molecule has 1 atom stereocenters. The number of nitrogens with zero attached hydrogens (tertiary/aromatic N) is 3. The first-order valence-corrected chi connectivity index (χ1v) is 10.7. The lowest BCUT2D eigenvalue weighted by Crippen LogP contribution is -2.32. The molecule has 0 radical (unpaired) electrons. The van der Waals surface area contributed by atoms with Gasteiger partial charge in [-0.2, -0.15) is 0 Å². The van der Waals surface area contributed by atoms with Crippen LogP contribution in [0.5, 0.6) is 0 Å². The van der Waals surface area contributed by atoms with Gasteiger partial charge in [0.2, 0.25) is 0 Å². The van der Waals surface area contributed by atoms with Crippen molar-refractivity contribution in [1.82, 2.24) is 19.8 Å². The molecule has 6 heteroatoms. The highest BCUT2D eigenvalue weighted by Crippen LogP contribution is 2.15. The predicted octanol–water partition coefficient (Wildman–Crippen LogP) is 2.98. The number of benzene rings is 2. The molecule has 0 aliphatic carbocycles. The standard InChI is InChI=1S/C24H28N4O2/c1-3-17(2)25-23(29)19-9-10-20-21(15-19)26-22-11-12-27(13-14-28(22)24(20)30)16-18-7-5-4-6-8-18/h4-10,15,17H,3,11-14,16H2,1-2H3,(H,25,29). The topological polar surface area (TPSA) is 67.2 Å². The van der Waals surface area contributed by atoms with Crippen LogP contribution >= 0.6 is 0 Å². The van der Waals surface area contributed by atoms with Crippen LogP contribution in [-0.2, 0) is 19.5 Å². The molecule has 1 amide bonds. The van der Waals surface area contributed by atoms with Crippen LogP contribution in [0, 0.1) is 0 Å². The summed E-state index contributed by atoms with van der Waals surface area (Å²) in [5, 5.41) is 3.53. The normalized spacial score (nSPS) is 15.4. The van der Waals surface area contributed by atoms with Gasteiger partial charge in [-0.1, -0.05) is 37.3 Å². The van der Waals surface area contributed by atoms with E-state index in [4.69, 9.17) is 4.98 Å². The maximum atomic E-state index is 13.1. The minimum atomic E-state index is -0.128. The van der Waals surface area contributed by atoms with Gasteiger partial charge in [-0.25, -0.2) is 4.98 Å². The highest BCUT2D eigenvalue weighted by atomic mass is 16.1. The fourth-order valence-corrected chi connectivity index (χ4v) is 3.85. The van der Waals surface area contributed by atoms with Crippen molar-refractivity contribution in [1.29, 1.82) is 0 Å². The molecule has 0 bridgehead atoms. The Morgan fingerprint density at radius 3 is 2.70 bits per heavy atom. The predicted molar refractivity (Wildman–Crippen MR) is 119 cm³/mol. The molecule has 6 nitrogen and oxygen atoms in total. The van der Waals surface area contributed by atoms with Crippen LogP contribution in [0.3, 0.4) is 0 Å². The molecule has 0 fully saturated rings. The van der Waals surface area contributed by atoms with Gasteiger partial charge in [0, 0.05) is 44.2 Å². The van der Waals surface area contributed by atoms with Crippen molar-refractivity contribution in [2.75, 3.05) is 13.1 Å². The highest BCUT2D eigenvalue weighted by molar-refractivity contribution is 5.97. The van der Waals surface area contributed by atoms with E-state index < -0.39 is 0 Å². The van der Waals surface area contributed by atoms with Gasteiger partial charge in [-0.15, -0.1) is 0 Å². The second-order valence-electron chi connectivity index (χ2n) is 8.01. The zero-order valence-corrected chi connectivity index (χ0v) is 17.6. The molecule has 4 rings (SSSR count). The largest absolute Gasteiger partial charge is 0.350 e. The summed E-state index contributed by atoms with van der Waals surface area (Å²) in [5.74, 6) is 0.666. The van der Waals surface area contributed by atoms with E-state index in [1.807, 2.05) is 19.9 Å². The van der Waals surface area contributed by atoms with E-state index in [-0.39, 0.29) is 17.5 Å². The maximum absolute atomic E-state index is 13.1. The van der Waals surface area contributed by atoms with Crippen LogP contribution in [0.2, 0.25) is 0 Å². The summed E-state index contributed by atoms with van der Waals surface area (Å²) in [6, 6.07) is 15.7. The zero-order valence-electron chi connectivity index (χ0n) is 17.6. The summed E-state index contributed by atoms with van der Waals surface area (Å²) >= 11 is 0. The molecule has 1 aliphatic heterocycles. The third kappa shape index (κ3) is 4.28. The molecular formula is C24H28N4O2. The summed E-state index contributed by atoms with van der Waals surface area (Å²) < 4.78 is 1.80. The van der Waals surface area contributed by atoms with Crippen molar-refractivity contribution in [3.05, 3.63) is 75.8 Å². The average Bonchev–Trinajstić information content (AvgIpc) is 2.96. The Morgan fingerprint density at radius 1 is 1.13 bits per heavy atom. The maximum Gasteiger partial charge on any atom is 0.261 e. The van der Waals surface area contributed by atoms with Gasteiger partial charge in [-0.3, -0.25) is 19.1 Å². The van der Waals surface area contributed by atoms with Gasteiger partial charge in [0.05, 0.1) is 10.9 Å². The first kappa shape index (κ1) is 20.3. The lowest BCUT2D eigenvalue weighted by atomic mass is 10.1. The summed E-state index contributed by atoms with van der Waals surface area (Å²) in [7, 11) is 0. The molecule has 30 heavy (non-hydrogen) atoms. The molecule has 2 aromatic carbocycles. The lowest BCUT2D eigenvalue weighted by Gasteiger charge is -2.19. The number of hydrogen-bond donors (Lipinski definition) is 1. The molecular weight excluding hydrogens is 376 g/mol. The SMILES string of the molecule is CCC(C)NC(=O)c1ccc2c(=O)n3c(nc2c1)CCN(Cc1ccccc1)CC3. The Hall–Kier alpha value is -2.99. The van der Waals surface area contributed by atoms with E-state index in [0.29, 0.717) is 29.4 Å². The molecule has 1 aromatic heterocycles. The van der Waals surface area contributed by atoms with Crippen LogP contribution in [0.25, 0.3) is 10.9 Å². The van der Waals surface area contributed by atoms with E-state index in [9.17, 15) is 9.59 Å². The quantitative estimate of drug-likeness (QED) is 0.710. The van der Waals surface area contributed by atoms with Crippen molar-refractivity contribution >= 4 is 16.8 Å². The fourth-order valence-electron chi connectivity index (χ4n) is 3.85. The van der Waals surface area contributed by atoms with Gasteiger partial charge < -0.3 is 5.32 Å². The fraction of sp³-hybridized carbons (Fsp3) is 0.375. The third-order valence-corrected chi connectivity index (χ3v) is 5.83. The van der Waals surface area contributed by atoms with Crippen LogP contribution < -0.4 is 10.9 Å². The number of rotatable bonds is 5. The highest BCUT2D eigenvalue weighted by Gasteiger charge is 2.19. The minimum Gasteiger partial charge on any atom is -0.350 e. The number of nitrogens with one attached hydrogen (secondary N) is 1. The summed E-state index contributed by atoms with van der Waals surface area (Å²) in [5.41, 5.74) is 2.38. The summed E-state index contributed by atoms with van der Waals surface area (Å²) in [6.45, 7) is 7.16. The smallest absolute Gasteiger partial charge is 0.261 e. The molecule has 0 spiro atoms. The number of carbonyl (C=O) groups is 1. The molecule has 0 saturated heterocycles. The molecule has 1 N–H and O–H groups in total. The van der Waals surface area contributed by atoms with Crippen LogP contribution in [0.15, 0.2) is 53.3 Å². The second kappa shape index (κ2) is 8.79. The van der Waals surface area contributed by atoms with Crippen molar-refractivity contribution in [3.63, 3.8) is 0 Å². The molecule has 3 aromatic rings. The zero-order chi connectivity index (χ0) is 21.1. The summed E-state index contributed by atoms with van der Waals surface area (Å²) in [6.07, 6.45) is 1.58. The Balaban J connectivity index is 1.59. The van der Waals surface area contributed by atoms with Crippen LogP contribution in [-0.4, -0.2) is 39.5 Å². The van der Waals surface area contributed by atoms with E-state index in [2.05, 4.69) is 34.5 Å². The van der Waals surface area contributed by atoms with Crippen molar-refractivity contribution < 1.29 is 4.79 Å². The van der Waals surface area contributed by atoms with Crippen molar-refractivity contribution in [2.24, 2.45) is 0 Å². The first-order chi connectivity index (χ1) is 14.5. The Labute approximate surface area is 176 Å². The van der Waals surface area contributed by atoms with Crippen LogP contribution in [0.4, 0.5) is 0 Å². The molecule has 1 aliphatic rings. The molecule has 1 unspecified atom stereocenters. The Bertz CT molecular complexity index is 1110. The van der Waals surface area contributed by atoms with E-state index >= 15 is 0 Å². The van der Waals surface area contributed by atoms with E-state index in [0.717, 1.165) is 31.9 Å².